The molecule has 0 bridgehead atoms. The number of carbonyl (C=O) groups is 2. The van der Waals surface area contributed by atoms with Crippen LogP contribution in [0.15, 0.2) is 74.5 Å². The van der Waals surface area contributed by atoms with Crippen LogP contribution < -0.4 is 0 Å². The Bertz CT molecular complexity index is 1070. The minimum Gasteiger partial charge on any atom is -0.457 e. The van der Waals surface area contributed by atoms with Crippen LogP contribution in [0.4, 0.5) is 4.79 Å². The molecule has 1 aliphatic rings. The summed E-state index contributed by atoms with van der Waals surface area (Å²) < 4.78 is 7.93. The standard InChI is InChI=1S/C21H13BrINO3S/c22-15-5-3-14(4-6-15)18-10-9-17(27-18)11-19-20(25)24(21(26)28-19)12-13-1-7-16(23)8-2-13/h1-11H,12H2/b19-11-. The van der Waals surface area contributed by atoms with Crippen LogP contribution in [0, 0.1) is 3.57 Å². The number of rotatable bonds is 4. The van der Waals surface area contributed by atoms with Crippen molar-refractivity contribution >= 4 is 67.5 Å². The normalized spacial score (nSPS) is 15.6. The lowest BCUT2D eigenvalue weighted by molar-refractivity contribution is -0.123. The van der Waals surface area contributed by atoms with Gasteiger partial charge in [0.1, 0.15) is 11.5 Å². The minimum absolute atomic E-state index is 0.265. The molecule has 1 aromatic heterocycles. The van der Waals surface area contributed by atoms with Crippen LogP contribution in [-0.4, -0.2) is 16.0 Å². The van der Waals surface area contributed by atoms with E-state index in [1.54, 1.807) is 12.1 Å². The maximum absolute atomic E-state index is 12.7. The summed E-state index contributed by atoms with van der Waals surface area (Å²) in [7, 11) is 0. The van der Waals surface area contributed by atoms with Gasteiger partial charge in [-0.25, -0.2) is 0 Å². The van der Waals surface area contributed by atoms with Gasteiger partial charge in [0.25, 0.3) is 11.1 Å². The number of nitrogens with zero attached hydrogens (tertiary/aromatic N) is 1. The molecule has 2 amide bonds. The van der Waals surface area contributed by atoms with Gasteiger partial charge in [0, 0.05) is 19.7 Å². The fraction of sp³-hybridized carbons (Fsp3) is 0.0476. The zero-order valence-corrected chi connectivity index (χ0v) is 19.0. The number of furan rings is 1. The van der Waals surface area contributed by atoms with Gasteiger partial charge in [-0.15, -0.1) is 0 Å². The van der Waals surface area contributed by atoms with Crippen LogP contribution in [0.25, 0.3) is 17.4 Å². The number of benzene rings is 2. The Hall–Kier alpha value is -1.84. The lowest BCUT2D eigenvalue weighted by Gasteiger charge is -2.12. The topological polar surface area (TPSA) is 50.5 Å². The highest BCUT2D eigenvalue weighted by atomic mass is 127. The smallest absolute Gasteiger partial charge is 0.293 e. The van der Waals surface area contributed by atoms with E-state index in [0.717, 1.165) is 30.9 Å². The Kier molecular flexibility index (Phi) is 5.75. The van der Waals surface area contributed by atoms with Crippen molar-refractivity contribution in [3.63, 3.8) is 0 Å². The summed E-state index contributed by atoms with van der Waals surface area (Å²) in [4.78, 5) is 26.6. The van der Waals surface area contributed by atoms with Gasteiger partial charge < -0.3 is 4.42 Å². The lowest BCUT2D eigenvalue weighted by Crippen LogP contribution is -2.27. The molecule has 3 aromatic rings. The molecule has 0 radical (unpaired) electrons. The quantitative estimate of drug-likeness (QED) is 0.266. The second kappa shape index (κ2) is 8.26. The van der Waals surface area contributed by atoms with Crippen LogP contribution in [0.1, 0.15) is 11.3 Å². The van der Waals surface area contributed by atoms with E-state index in [2.05, 4.69) is 38.5 Å². The third-order valence-corrected chi connectivity index (χ3v) is 6.31. The highest BCUT2D eigenvalue weighted by molar-refractivity contribution is 14.1. The van der Waals surface area contributed by atoms with Crippen molar-refractivity contribution in [2.75, 3.05) is 0 Å². The van der Waals surface area contributed by atoms with Crippen LogP contribution in [-0.2, 0) is 11.3 Å². The molecule has 0 aliphatic carbocycles. The number of amides is 2. The van der Waals surface area contributed by atoms with Crippen molar-refractivity contribution in [1.29, 1.82) is 0 Å². The Morgan fingerprint density at radius 1 is 1.00 bits per heavy atom. The summed E-state index contributed by atoms with van der Waals surface area (Å²) in [5.74, 6) is 0.949. The molecule has 2 aromatic carbocycles. The lowest BCUT2D eigenvalue weighted by atomic mass is 10.2. The molecular formula is C21H13BrINO3S. The molecule has 7 heteroatoms. The predicted molar refractivity (Wildman–Crippen MR) is 123 cm³/mol. The van der Waals surface area contributed by atoms with Crippen molar-refractivity contribution in [3.05, 3.63) is 84.9 Å². The summed E-state index contributed by atoms with van der Waals surface area (Å²) in [5.41, 5.74) is 1.86. The molecular weight excluding hydrogens is 553 g/mol. The molecule has 28 heavy (non-hydrogen) atoms. The average molecular weight is 566 g/mol. The summed E-state index contributed by atoms with van der Waals surface area (Å²) in [5, 5.41) is -0.269. The fourth-order valence-corrected chi connectivity index (χ4v) is 4.18. The van der Waals surface area contributed by atoms with Gasteiger partial charge in [0.15, 0.2) is 0 Å². The predicted octanol–water partition coefficient (Wildman–Crippen LogP) is 6.55. The van der Waals surface area contributed by atoms with Gasteiger partial charge in [-0.05, 0) is 76.3 Å². The highest BCUT2D eigenvalue weighted by Gasteiger charge is 2.35. The zero-order valence-electron chi connectivity index (χ0n) is 14.4. The molecule has 0 N–H and O–H groups in total. The molecule has 1 fully saturated rings. The number of halogens is 2. The Morgan fingerprint density at radius 2 is 1.71 bits per heavy atom. The first-order valence-electron chi connectivity index (χ1n) is 8.35. The van der Waals surface area contributed by atoms with Gasteiger partial charge in [0.2, 0.25) is 0 Å². The van der Waals surface area contributed by atoms with Crippen LogP contribution in [0.3, 0.4) is 0 Å². The number of hydrogen-bond acceptors (Lipinski definition) is 4. The van der Waals surface area contributed by atoms with Gasteiger partial charge in [0.05, 0.1) is 11.4 Å². The molecule has 2 heterocycles. The summed E-state index contributed by atoms with van der Waals surface area (Å²) in [6, 6.07) is 19.2. The Balaban J connectivity index is 1.52. The van der Waals surface area contributed by atoms with E-state index in [1.807, 2.05) is 54.6 Å². The number of hydrogen-bond donors (Lipinski definition) is 0. The third-order valence-electron chi connectivity index (χ3n) is 4.16. The van der Waals surface area contributed by atoms with E-state index >= 15 is 0 Å². The Labute approximate surface area is 188 Å². The van der Waals surface area contributed by atoms with Crippen molar-refractivity contribution < 1.29 is 14.0 Å². The maximum Gasteiger partial charge on any atom is 0.293 e. The largest absolute Gasteiger partial charge is 0.457 e. The SMILES string of the molecule is O=C1S/C(=C\c2ccc(-c3ccc(Br)cc3)o2)C(=O)N1Cc1ccc(I)cc1. The van der Waals surface area contributed by atoms with Gasteiger partial charge in [-0.3, -0.25) is 14.5 Å². The highest BCUT2D eigenvalue weighted by Crippen LogP contribution is 2.34. The number of thioether (sulfide) groups is 1. The minimum atomic E-state index is -0.296. The van der Waals surface area contributed by atoms with Crippen molar-refractivity contribution in [1.82, 2.24) is 4.90 Å². The second-order valence-corrected chi connectivity index (χ2v) is 9.26. The monoisotopic (exact) mass is 565 g/mol. The summed E-state index contributed by atoms with van der Waals surface area (Å²) >= 11 is 6.57. The van der Waals surface area contributed by atoms with Gasteiger partial charge in [-0.1, -0.05) is 40.2 Å². The maximum atomic E-state index is 12.7. The van der Waals surface area contributed by atoms with E-state index in [9.17, 15) is 9.59 Å². The molecule has 4 nitrogen and oxygen atoms in total. The van der Waals surface area contributed by atoms with Gasteiger partial charge >= 0.3 is 0 Å². The first-order valence-corrected chi connectivity index (χ1v) is 11.0. The molecule has 140 valence electrons. The second-order valence-electron chi connectivity index (χ2n) is 6.10. The third kappa shape index (κ3) is 4.26. The van der Waals surface area contributed by atoms with Crippen molar-refractivity contribution in [2.45, 2.75) is 6.54 Å². The molecule has 0 saturated carbocycles. The van der Waals surface area contributed by atoms with E-state index in [1.165, 1.54) is 4.90 Å². The number of carbonyl (C=O) groups excluding carboxylic acids is 2. The van der Waals surface area contributed by atoms with E-state index < -0.39 is 0 Å². The van der Waals surface area contributed by atoms with Crippen molar-refractivity contribution in [3.8, 4) is 11.3 Å². The van der Waals surface area contributed by atoms with Crippen molar-refractivity contribution in [2.24, 2.45) is 0 Å². The molecule has 0 unspecified atom stereocenters. The average Bonchev–Trinajstić information content (AvgIpc) is 3.24. The molecule has 0 spiro atoms. The fourth-order valence-electron chi connectivity index (χ4n) is 2.74. The summed E-state index contributed by atoms with van der Waals surface area (Å²) in [6.45, 7) is 0.265. The van der Waals surface area contributed by atoms with E-state index in [4.69, 9.17) is 4.42 Å². The van der Waals surface area contributed by atoms with Gasteiger partial charge in [-0.2, -0.15) is 0 Å². The molecule has 0 atom stereocenters. The van der Waals surface area contributed by atoms with E-state index in [-0.39, 0.29) is 17.7 Å². The molecule has 1 aliphatic heterocycles. The number of imide groups is 1. The molecule has 4 rings (SSSR count). The summed E-state index contributed by atoms with van der Waals surface area (Å²) in [6.07, 6.45) is 1.63. The Morgan fingerprint density at radius 3 is 2.43 bits per heavy atom. The van der Waals surface area contributed by atoms with Crippen LogP contribution in [0.5, 0.6) is 0 Å². The first kappa shape index (κ1) is 19.5. The first-order chi connectivity index (χ1) is 13.5. The van der Waals surface area contributed by atoms with E-state index in [0.29, 0.717) is 16.4 Å². The zero-order chi connectivity index (χ0) is 19.7. The molecule has 1 saturated heterocycles. The van der Waals surface area contributed by atoms with Crippen LogP contribution >= 0.6 is 50.3 Å². The van der Waals surface area contributed by atoms with Crippen LogP contribution in [0.2, 0.25) is 0 Å².